The van der Waals surface area contributed by atoms with Gasteiger partial charge < -0.3 is 23.7 Å². The van der Waals surface area contributed by atoms with E-state index in [0.29, 0.717) is 5.75 Å². The quantitative estimate of drug-likeness (QED) is 0.329. The molecule has 152 valence electrons. The van der Waals surface area contributed by atoms with E-state index in [1.54, 1.807) is 6.08 Å². The average molecular weight is 404 g/mol. The highest BCUT2D eigenvalue weighted by molar-refractivity contribution is 7.99. The van der Waals surface area contributed by atoms with Crippen molar-refractivity contribution < 1.29 is 42.9 Å². The maximum atomic E-state index is 11.6. The molecule has 1 saturated heterocycles. The normalized spacial score (nSPS) is 27.2. The van der Waals surface area contributed by atoms with Crippen LogP contribution >= 0.6 is 11.8 Å². The summed E-state index contributed by atoms with van der Waals surface area (Å²) in [4.78, 5) is 45.9. The number of ether oxygens (including phenoxy) is 5. The van der Waals surface area contributed by atoms with Gasteiger partial charge in [-0.1, -0.05) is 6.08 Å². The molecule has 9 nitrogen and oxygen atoms in total. The van der Waals surface area contributed by atoms with E-state index in [-0.39, 0.29) is 6.61 Å². The number of rotatable bonds is 8. The van der Waals surface area contributed by atoms with Gasteiger partial charge in [-0.15, -0.1) is 18.3 Å². The van der Waals surface area contributed by atoms with Crippen LogP contribution < -0.4 is 0 Å². The Bertz CT molecular complexity index is 577. The molecule has 0 aromatic carbocycles. The van der Waals surface area contributed by atoms with Crippen molar-refractivity contribution in [1.82, 2.24) is 0 Å². The Hall–Kier alpha value is -2.07. The van der Waals surface area contributed by atoms with Gasteiger partial charge in [-0.25, -0.2) is 0 Å². The standard InChI is InChI=1S/C17H24O9S/c1-6-7-27-17-16(25-12(5)21)15(24-11(4)20)14(23-10(3)19)13(26-17)8-22-9(2)18/h6,13-17H,1,7-8H2,2-5H3/t13?,14-,15+,16?,17+/m1/s1. The maximum Gasteiger partial charge on any atom is 0.303 e. The van der Waals surface area contributed by atoms with Crippen molar-refractivity contribution in [1.29, 1.82) is 0 Å². The number of hydrogen-bond donors (Lipinski definition) is 0. The molecule has 1 heterocycles. The lowest BCUT2D eigenvalue weighted by Crippen LogP contribution is -2.61. The Balaban J connectivity index is 3.24. The first kappa shape index (κ1) is 23.0. The summed E-state index contributed by atoms with van der Waals surface area (Å²) in [5, 5.41) is 0. The van der Waals surface area contributed by atoms with E-state index >= 15 is 0 Å². The minimum atomic E-state index is -1.13. The summed E-state index contributed by atoms with van der Waals surface area (Å²) < 4.78 is 26.7. The molecule has 0 radical (unpaired) electrons. The highest BCUT2D eigenvalue weighted by Crippen LogP contribution is 2.34. The van der Waals surface area contributed by atoms with E-state index in [1.807, 2.05) is 0 Å². The molecular formula is C17H24O9S. The van der Waals surface area contributed by atoms with Gasteiger partial charge in [0.15, 0.2) is 18.3 Å². The first-order chi connectivity index (χ1) is 12.6. The largest absolute Gasteiger partial charge is 0.463 e. The fraction of sp³-hybridized carbons (Fsp3) is 0.647. The van der Waals surface area contributed by atoms with Crippen LogP contribution in [0.3, 0.4) is 0 Å². The lowest BCUT2D eigenvalue weighted by atomic mass is 9.99. The first-order valence-electron chi connectivity index (χ1n) is 8.18. The highest BCUT2D eigenvalue weighted by Gasteiger charge is 2.52. The van der Waals surface area contributed by atoms with Crippen LogP contribution in [0.25, 0.3) is 0 Å². The Morgan fingerprint density at radius 3 is 1.89 bits per heavy atom. The smallest absolute Gasteiger partial charge is 0.303 e. The fourth-order valence-electron chi connectivity index (χ4n) is 2.49. The Kier molecular flexibility index (Phi) is 9.30. The molecule has 0 aromatic heterocycles. The first-order valence-corrected chi connectivity index (χ1v) is 9.23. The number of carbonyl (C=O) groups is 4. The van der Waals surface area contributed by atoms with Crippen molar-refractivity contribution in [3.63, 3.8) is 0 Å². The molecule has 0 aliphatic carbocycles. The summed E-state index contributed by atoms with van der Waals surface area (Å²) in [6.45, 7) is 8.16. The SMILES string of the molecule is C=CCS[C@@H]1OC(COC(C)=O)[C@@H](OC(C)=O)[C@H](OC(C)=O)C1OC(C)=O. The van der Waals surface area contributed by atoms with Crippen molar-refractivity contribution in [2.45, 2.75) is 57.5 Å². The molecular weight excluding hydrogens is 380 g/mol. The summed E-state index contributed by atoms with van der Waals surface area (Å²) in [7, 11) is 0. The van der Waals surface area contributed by atoms with E-state index < -0.39 is 53.7 Å². The summed E-state index contributed by atoms with van der Waals surface area (Å²) >= 11 is 1.25. The summed E-state index contributed by atoms with van der Waals surface area (Å²) in [5.74, 6) is -2.04. The molecule has 5 atom stereocenters. The predicted octanol–water partition coefficient (Wildman–Crippen LogP) is 0.989. The summed E-state index contributed by atoms with van der Waals surface area (Å²) in [6, 6.07) is 0. The Morgan fingerprint density at radius 1 is 0.889 bits per heavy atom. The van der Waals surface area contributed by atoms with Gasteiger partial charge in [-0.3, -0.25) is 19.2 Å². The third-order valence-electron chi connectivity index (χ3n) is 3.33. The number of carbonyl (C=O) groups excluding carboxylic acids is 4. The molecule has 0 N–H and O–H groups in total. The number of thioether (sulfide) groups is 1. The number of esters is 4. The van der Waals surface area contributed by atoms with Crippen molar-refractivity contribution >= 4 is 35.6 Å². The van der Waals surface area contributed by atoms with Gasteiger partial charge in [-0.2, -0.15) is 0 Å². The second-order valence-corrected chi connectivity index (χ2v) is 6.82. The molecule has 1 fully saturated rings. The fourth-order valence-corrected chi connectivity index (χ4v) is 3.43. The van der Waals surface area contributed by atoms with Crippen LogP contribution in [-0.2, 0) is 42.9 Å². The second-order valence-electron chi connectivity index (χ2n) is 5.69. The van der Waals surface area contributed by atoms with Crippen molar-refractivity contribution in [3.8, 4) is 0 Å². The monoisotopic (exact) mass is 404 g/mol. The second kappa shape index (κ2) is 10.9. The van der Waals surface area contributed by atoms with Crippen molar-refractivity contribution in [2.24, 2.45) is 0 Å². The summed E-state index contributed by atoms with van der Waals surface area (Å²) in [5.41, 5.74) is -0.761. The van der Waals surface area contributed by atoms with E-state index in [4.69, 9.17) is 23.7 Å². The van der Waals surface area contributed by atoms with Gasteiger partial charge >= 0.3 is 23.9 Å². The molecule has 2 unspecified atom stereocenters. The van der Waals surface area contributed by atoms with Crippen LogP contribution in [0.15, 0.2) is 12.7 Å². The summed E-state index contributed by atoms with van der Waals surface area (Å²) in [6.07, 6.45) is -2.59. The lowest BCUT2D eigenvalue weighted by Gasteiger charge is -2.44. The van der Waals surface area contributed by atoms with E-state index in [2.05, 4.69) is 6.58 Å². The van der Waals surface area contributed by atoms with Crippen LogP contribution in [0, 0.1) is 0 Å². The van der Waals surface area contributed by atoms with E-state index in [1.165, 1.54) is 39.5 Å². The number of hydrogen-bond acceptors (Lipinski definition) is 10. The molecule has 0 spiro atoms. The van der Waals surface area contributed by atoms with Crippen LogP contribution in [0.1, 0.15) is 27.7 Å². The van der Waals surface area contributed by atoms with Gasteiger partial charge in [0.1, 0.15) is 18.1 Å². The van der Waals surface area contributed by atoms with Gasteiger partial charge in [0, 0.05) is 33.4 Å². The van der Waals surface area contributed by atoms with Crippen molar-refractivity contribution in [2.75, 3.05) is 12.4 Å². The molecule has 27 heavy (non-hydrogen) atoms. The predicted molar refractivity (Wildman–Crippen MR) is 94.6 cm³/mol. The third-order valence-corrected chi connectivity index (χ3v) is 4.46. The van der Waals surface area contributed by atoms with Crippen LogP contribution in [-0.4, -0.2) is 66.1 Å². The highest BCUT2D eigenvalue weighted by atomic mass is 32.2. The third kappa shape index (κ3) is 7.59. The molecule has 10 heteroatoms. The van der Waals surface area contributed by atoms with E-state index in [0.717, 1.165) is 0 Å². The minimum Gasteiger partial charge on any atom is -0.463 e. The lowest BCUT2D eigenvalue weighted by molar-refractivity contribution is -0.237. The van der Waals surface area contributed by atoms with Crippen LogP contribution in [0.2, 0.25) is 0 Å². The molecule has 1 aliphatic rings. The molecule has 0 saturated carbocycles. The van der Waals surface area contributed by atoms with E-state index in [9.17, 15) is 19.2 Å². The Morgan fingerprint density at radius 2 is 1.41 bits per heavy atom. The average Bonchev–Trinajstić information content (AvgIpc) is 2.54. The molecule has 0 amide bonds. The maximum absolute atomic E-state index is 11.6. The van der Waals surface area contributed by atoms with Crippen LogP contribution in [0.4, 0.5) is 0 Å². The zero-order valence-electron chi connectivity index (χ0n) is 15.7. The zero-order chi connectivity index (χ0) is 20.6. The zero-order valence-corrected chi connectivity index (χ0v) is 16.5. The molecule has 0 aromatic rings. The van der Waals surface area contributed by atoms with Gasteiger partial charge in [0.25, 0.3) is 0 Å². The van der Waals surface area contributed by atoms with Gasteiger partial charge in [0.2, 0.25) is 0 Å². The van der Waals surface area contributed by atoms with Crippen LogP contribution in [0.5, 0.6) is 0 Å². The Labute approximate surface area is 161 Å². The molecule has 1 rings (SSSR count). The minimum absolute atomic E-state index is 0.233. The van der Waals surface area contributed by atoms with Gasteiger partial charge in [-0.05, 0) is 0 Å². The topological polar surface area (TPSA) is 114 Å². The molecule has 1 aliphatic heterocycles. The molecule has 0 bridgehead atoms. The van der Waals surface area contributed by atoms with Crippen molar-refractivity contribution in [3.05, 3.63) is 12.7 Å². The van der Waals surface area contributed by atoms with Gasteiger partial charge in [0.05, 0.1) is 0 Å².